The third kappa shape index (κ3) is 4.36. The van der Waals surface area contributed by atoms with Crippen molar-refractivity contribution in [1.29, 1.82) is 0 Å². The van der Waals surface area contributed by atoms with Crippen LogP contribution in [0.1, 0.15) is 42.1 Å². The second-order valence-corrected chi connectivity index (χ2v) is 10.2. The van der Waals surface area contributed by atoms with E-state index in [1.54, 1.807) is 20.8 Å². The Morgan fingerprint density at radius 1 is 1.31 bits per heavy atom. The van der Waals surface area contributed by atoms with Gasteiger partial charge < -0.3 is 9.80 Å². The maximum absolute atomic E-state index is 13.7. The fraction of sp³-hybridized carbons (Fsp3) is 0.480. The number of rotatable bonds is 6. The Kier molecular flexibility index (Phi) is 6.49. The van der Waals surface area contributed by atoms with E-state index < -0.39 is 0 Å². The summed E-state index contributed by atoms with van der Waals surface area (Å²) in [5.74, 6) is 1.18. The predicted molar refractivity (Wildman–Crippen MR) is 132 cm³/mol. The molecular weight excluding hydrogens is 420 g/mol. The highest BCUT2D eigenvalue weighted by atomic mass is 32.1. The Hall–Kier alpha value is -2.51. The highest BCUT2D eigenvalue weighted by Crippen LogP contribution is 2.36. The van der Waals surface area contributed by atoms with Crippen molar-refractivity contribution in [3.8, 4) is 0 Å². The number of aryl methyl sites for hydroxylation is 2. The number of likely N-dealkylation sites (N-methyl/N-ethyl adjacent to an activating group) is 1. The van der Waals surface area contributed by atoms with Crippen LogP contribution in [-0.4, -0.2) is 41.0 Å². The maximum Gasteiger partial charge on any atom is 0.263 e. The Morgan fingerprint density at radius 3 is 2.78 bits per heavy atom. The van der Waals surface area contributed by atoms with E-state index in [0.717, 1.165) is 46.3 Å². The van der Waals surface area contributed by atoms with Crippen LogP contribution in [0.5, 0.6) is 0 Å². The molecule has 2 heterocycles. The lowest BCUT2D eigenvalue weighted by Gasteiger charge is -2.23. The average Bonchev–Trinajstić information content (AvgIpc) is 3.08. The molecule has 170 valence electrons. The minimum atomic E-state index is -0.0981. The van der Waals surface area contributed by atoms with Crippen molar-refractivity contribution in [2.75, 3.05) is 25.5 Å². The normalized spacial score (nSPS) is 15.9. The van der Waals surface area contributed by atoms with E-state index >= 15 is 0 Å². The van der Waals surface area contributed by atoms with Crippen LogP contribution in [0.4, 0.5) is 5.69 Å². The van der Waals surface area contributed by atoms with E-state index in [2.05, 4.69) is 6.92 Å². The zero-order valence-corrected chi connectivity index (χ0v) is 20.5. The fourth-order valence-electron chi connectivity index (χ4n) is 4.55. The number of benzene rings is 1. The lowest BCUT2D eigenvalue weighted by molar-refractivity contribution is -0.119. The van der Waals surface area contributed by atoms with Gasteiger partial charge in [-0.05, 0) is 76.4 Å². The van der Waals surface area contributed by atoms with E-state index in [9.17, 15) is 9.59 Å². The maximum atomic E-state index is 13.7. The number of carbonyl (C=O) groups excluding carboxylic acids is 1. The van der Waals surface area contributed by atoms with E-state index in [0.29, 0.717) is 24.8 Å². The van der Waals surface area contributed by atoms with Gasteiger partial charge in [-0.15, -0.1) is 11.3 Å². The van der Waals surface area contributed by atoms with E-state index in [1.807, 2.05) is 57.1 Å². The zero-order chi connectivity index (χ0) is 23.0. The van der Waals surface area contributed by atoms with Gasteiger partial charge in [0.25, 0.3) is 5.56 Å². The molecule has 4 rings (SSSR count). The molecule has 0 spiro atoms. The molecule has 1 amide bonds. The summed E-state index contributed by atoms with van der Waals surface area (Å²) in [4.78, 5) is 37.8. The lowest BCUT2D eigenvalue weighted by Crippen LogP contribution is -2.38. The van der Waals surface area contributed by atoms with Gasteiger partial charge in [0, 0.05) is 17.1 Å². The van der Waals surface area contributed by atoms with Crippen molar-refractivity contribution in [1.82, 2.24) is 14.5 Å². The molecule has 0 N–H and O–H groups in total. The number of anilines is 1. The average molecular weight is 453 g/mol. The third-order valence-corrected chi connectivity index (χ3v) is 7.32. The van der Waals surface area contributed by atoms with Crippen molar-refractivity contribution in [2.24, 2.45) is 5.92 Å². The molecule has 0 bridgehead atoms. The second kappa shape index (κ2) is 9.16. The molecular formula is C25H32N4O2S. The van der Waals surface area contributed by atoms with Gasteiger partial charge in [0.15, 0.2) is 0 Å². The molecule has 0 radical (unpaired) electrons. The summed E-state index contributed by atoms with van der Waals surface area (Å²) in [6, 6.07) is 7.91. The molecule has 1 aliphatic carbocycles. The smallest absolute Gasteiger partial charge is 0.263 e. The molecule has 1 aromatic carbocycles. The minimum Gasteiger partial charge on any atom is -0.311 e. The fourth-order valence-corrected chi connectivity index (χ4v) is 5.94. The van der Waals surface area contributed by atoms with Crippen LogP contribution in [0.15, 0.2) is 29.1 Å². The van der Waals surface area contributed by atoms with Gasteiger partial charge in [0.1, 0.15) is 17.2 Å². The van der Waals surface area contributed by atoms with Crippen LogP contribution in [0.3, 0.4) is 0 Å². The number of hydrogen-bond donors (Lipinski definition) is 0. The van der Waals surface area contributed by atoms with Crippen molar-refractivity contribution < 1.29 is 4.79 Å². The van der Waals surface area contributed by atoms with Crippen LogP contribution in [0, 0.1) is 12.8 Å². The van der Waals surface area contributed by atoms with Crippen molar-refractivity contribution in [3.05, 3.63) is 56.4 Å². The Morgan fingerprint density at radius 2 is 2.09 bits per heavy atom. The molecule has 0 saturated carbocycles. The SMILES string of the molecule is CCN(C(=O)Cn1c(CN(C)C)nc2sc3c(c2c1=O)CCC(C)C3)c1cccc(C)c1. The number of aromatic nitrogens is 2. The number of fused-ring (bicyclic) bond motifs is 3. The molecule has 1 aliphatic rings. The summed E-state index contributed by atoms with van der Waals surface area (Å²) in [5, 5.41) is 0.728. The summed E-state index contributed by atoms with van der Waals surface area (Å²) >= 11 is 1.66. The van der Waals surface area contributed by atoms with Crippen LogP contribution < -0.4 is 10.5 Å². The zero-order valence-electron chi connectivity index (χ0n) is 19.6. The van der Waals surface area contributed by atoms with E-state index in [4.69, 9.17) is 4.98 Å². The first-order chi connectivity index (χ1) is 15.3. The van der Waals surface area contributed by atoms with Gasteiger partial charge in [-0.3, -0.25) is 14.2 Å². The van der Waals surface area contributed by atoms with Crippen LogP contribution in [-0.2, 0) is 30.7 Å². The first-order valence-corrected chi connectivity index (χ1v) is 12.2. The van der Waals surface area contributed by atoms with Crippen LogP contribution in [0.2, 0.25) is 0 Å². The Bertz CT molecular complexity index is 1210. The molecule has 1 unspecified atom stereocenters. The van der Waals surface area contributed by atoms with Crippen LogP contribution >= 0.6 is 11.3 Å². The predicted octanol–water partition coefficient (Wildman–Crippen LogP) is 4.01. The third-order valence-electron chi connectivity index (χ3n) is 6.18. The monoisotopic (exact) mass is 452 g/mol. The molecule has 3 aromatic rings. The first-order valence-electron chi connectivity index (χ1n) is 11.3. The first kappa shape index (κ1) is 22.7. The number of hydrogen-bond acceptors (Lipinski definition) is 5. The topological polar surface area (TPSA) is 58.4 Å². The number of thiophene rings is 1. The minimum absolute atomic E-state index is 0.00620. The summed E-state index contributed by atoms with van der Waals surface area (Å²) in [7, 11) is 3.91. The number of carbonyl (C=O) groups is 1. The van der Waals surface area contributed by atoms with Gasteiger partial charge in [0.05, 0.1) is 11.9 Å². The molecule has 32 heavy (non-hydrogen) atoms. The highest BCUT2D eigenvalue weighted by Gasteiger charge is 2.26. The Labute approximate surface area is 193 Å². The quantitative estimate of drug-likeness (QED) is 0.567. The van der Waals surface area contributed by atoms with E-state index in [1.165, 1.54) is 4.88 Å². The molecule has 2 aromatic heterocycles. The standard InChI is InChI=1S/C25H32N4O2S/c1-6-28(18-9-7-8-16(2)12-18)22(30)15-29-21(14-27(4)5)26-24-23(25(29)31)19-11-10-17(3)13-20(19)32-24/h7-9,12,17H,6,10-11,13-15H2,1-5H3. The highest BCUT2D eigenvalue weighted by molar-refractivity contribution is 7.18. The lowest BCUT2D eigenvalue weighted by atomic mass is 9.89. The largest absolute Gasteiger partial charge is 0.311 e. The molecule has 0 saturated heterocycles. The van der Waals surface area contributed by atoms with Gasteiger partial charge in [-0.1, -0.05) is 19.1 Å². The molecule has 7 heteroatoms. The Balaban J connectivity index is 1.78. The summed E-state index contributed by atoms with van der Waals surface area (Å²) in [5.41, 5.74) is 3.04. The van der Waals surface area contributed by atoms with Gasteiger partial charge in [-0.25, -0.2) is 4.98 Å². The van der Waals surface area contributed by atoms with Gasteiger partial charge in [0.2, 0.25) is 5.91 Å². The molecule has 1 atom stereocenters. The van der Waals surface area contributed by atoms with Crippen molar-refractivity contribution >= 4 is 33.1 Å². The second-order valence-electron chi connectivity index (χ2n) is 9.17. The molecule has 6 nitrogen and oxygen atoms in total. The van der Waals surface area contributed by atoms with E-state index in [-0.39, 0.29) is 18.0 Å². The van der Waals surface area contributed by atoms with Gasteiger partial charge in [-0.2, -0.15) is 0 Å². The van der Waals surface area contributed by atoms with Crippen molar-refractivity contribution in [3.63, 3.8) is 0 Å². The van der Waals surface area contributed by atoms with Crippen LogP contribution in [0.25, 0.3) is 10.2 Å². The molecule has 0 aliphatic heterocycles. The number of amides is 1. The number of nitrogens with zero attached hydrogens (tertiary/aromatic N) is 4. The molecule has 0 fully saturated rings. The summed E-state index contributed by atoms with van der Waals surface area (Å²) in [6.07, 6.45) is 3.01. The van der Waals surface area contributed by atoms with Crippen molar-refractivity contribution in [2.45, 2.75) is 53.1 Å². The van der Waals surface area contributed by atoms with Gasteiger partial charge >= 0.3 is 0 Å². The summed E-state index contributed by atoms with van der Waals surface area (Å²) < 4.78 is 1.61. The summed E-state index contributed by atoms with van der Waals surface area (Å²) in [6.45, 7) is 7.28.